The molecule has 0 radical (unpaired) electrons. The first-order valence-corrected chi connectivity index (χ1v) is 6.10. The summed E-state index contributed by atoms with van der Waals surface area (Å²) in [5, 5.41) is 4.74. The summed E-state index contributed by atoms with van der Waals surface area (Å²) < 4.78 is 5.05. The lowest BCUT2D eigenvalue weighted by Crippen LogP contribution is -2.10. The molecule has 17 heavy (non-hydrogen) atoms. The largest absolute Gasteiger partial charge is 0.380 e. The van der Waals surface area contributed by atoms with Gasteiger partial charge in [-0.2, -0.15) is 0 Å². The number of amides is 1. The summed E-state index contributed by atoms with van der Waals surface area (Å²) in [5.41, 5.74) is 1.83. The number of thiophene rings is 1. The Morgan fingerprint density at radius 2 is 2.24 bits per heavy atom. The fourth-order valence-electron chi connectivity index (χ4n) is 1.51. The zero-order valence-electron chi connectivity index (χ0n) is 9.47. The van der Waals surface area contributed by atoms with Gasteiger partial charge in [0.15, 0.2) is 0 Å². The van der Waals surface area contributed by atoms with Crippen LogP contribution < -0.4 is 5.32 Å². The van der Waals surface area contributed by atoms with Crippen LogP contribution in [0.15, 0.2) is 41.8 Å². The van der Waals surface area contributed by atoms with Crippen molar-refractivity contribution >= 4 is 22.9 Å². The summed E-state index contributed by atoms with van der Waals surface area (Å²) in [4.78, 5) is 12.5. The standard InChI is InChI=1S/C13H13NO2S/c1-16-9-10-4-2-5-11(8-10)14-13(15)12-6-3-7-17-12/h2-8H,9H2,1H3,(H,14,15). The van der Waals surface area contributed by atoms with E-state index in [-0.39, 0.29) is 5.91 Å². The molecule has 0 fully saturated rings. The Morgan fingerprint density at radius 1 is 1.35 bits per heavy atom. The van der Waals surface area contributed by atoms with Crippen molar-refractivity contribution in [3.8, 4) is 0 Å². The quantitative estimate of drug-likeness (QED) is 0.901. The van der Waals surface area contributed by atoms with Gasteiger partial charge in [0.2, 0.25) is 0 Å². The highest BCUT2D eigenvalue weighted by Gasteiger charge is 2.06. The highest BCUT2D eigenvalue weighted by molar-refractivity contribution is 7.12. The molecule has 4 heteroatoms. The van der Waals surface area contributed by atoms with E-state index in [4.69, 9.17) is 4.74 Å². The van der Waals surface area contributed by atoms with Crippen molar-refractivity contribution in [2.45, 2.75) is 6.61 Å². The van der Waals surface area contributed by atoms with Crippen LogP contribution in [0.25, 0.3) is 0 Å². The van der Waals surface area contributed by atoms with E-state index < -0.39 is 0 Å². The Morgan fingerprint density at radius 3 is 2.94 bits per heavy atom. The van der Waals surface area contributed by atoms with E-state index in [1.807, 2.05) is 35.7 Å². The smallest absolute Gasteiger partial charge is 0.265 e. The van der Waals surface area contributed by atoms with Gasteiger partial charge >= 0.3 is 0 Å². The van der Waals surface area contributed by atoms with Gasteiger partial charge in [0.05, 0.1) is 11.5 Å². The van der Waals surface area contributed by atoms with Gasteiger partial charge < -0.3 is 10.1 Å². The van der Waals surface area contributed by atoms with Gasteiger partial charge in [0.25, 0.3) is 5.91 Å². The van der Waals surface area contributed by atoms with Gasteiger partial charge in [-0.3, -0.25) is 4.79 Å². The number of carbonyl (C=O) groups is 1. The first kappa shape index (κ1) is 11.8. The first-order chi connectivity index (χ1) is 8.29. The van der Waals surface area contributed by atoms with Crippen LogP contribution in [0, 0.1) is 0 Å². The minimum Gasteiger partial charge on any atom is -0.380 e. The number of ether oxygens (including phenoxy) is 1. The van der Waals surface area contributed by atoms with Gasteiger partial charge in [-0.05, 0) is 29.1 Å². The molecular weight excluding hydrogens is 234 g/mol. The molecule has 1 aromatic heterocycles. The summed E-state index contributed by atoms with van der Waals surface area (Å²) in [5.74, 6) is -0.0745. The van der Waals surface area contributed by atoms with Crippen LogP contribution in [0.2, 0.25) is 0 Å². The molecule has 0 bridgehead atoms. The van der Waals surface area contributed by atoms with Crippen LogP contribution in [0.4, 0.5) is 5.69 Å². The average molecular weight is 247 g/mol. The molecule has 0 spiro atoms. The number of carbonyl (C=O) groups excluding carboxylic acids is 1. The van der Waals surface area contributed by atoms with Gasteiger partial charge in [0.1, 0.15) is 0 Å². The lowest BCUT2D eigenvalue weighted by atomic mass is 10.2. The van der Waals surface area contributed by atoms with E-state index in [0.29, 0.717) is 11.5 Å². The third kappa shape index (κ3) is 3.15. The van der Waals surface area contributed by atoms with Crippen LogP contribution in [0.5, 0.6) is 0 Å². The van der Waals surface area contributed by atoms with Crippen molar-refractivity contribution < 1.29 is 9.53 Å². The highest BCUT2D eigenvalue weighted by atomic mass is 32.1. The van der Waals surface area contributed by atoms with Crippen LogP contribution in [-0.2, 0) is 11.3 Å². The summed E-state index contributed by atoms with van der Waals surface area (Å²) in [6.07, 6.45) is 0. The van der Waals surface area contributed by atoms with E-state index in [0.717, 1.165) is 11.3 Å². The fourth-order valence-corrected chi connectivity index (χ4v) is 2.12. The molecule has 2 aromatic rings. The third-order valence-electron chi connectivity index (χ3n) is 2.24. The van der Waals surface area contributed by atoms with Gasteiger partial charge in [0, 0.05) is 12.8 Å². The molecule has 0 aliphatic heterocycles. The average Bonchev–Trinajstić information content (AvgIpc) is 2.83. The molecule has 0 saturated heterocycles. The van der Waals surface area contributed by atoms with Crippen molar-refractivity contribution in [2.75, 3.05) is 12.4 Å². The topological polar surface area (TPSA) is 38.3 Å². The molecule has 1 amide bonds. The van der Waals surface area contributed by atoms with E-state index >= 15 is 0 Å². The molecule has 0 saturated carbocycles. The maximum Gasteiger partial charge on any atom is 0.265 e. The molecule has 1 aromatic carbocycles. The van der Waals surface area contributed by atoms with Crippen molar-refractivity contribution in [3.63, 3.8) is 0 Å². The normalized spacial score (nSPS) is 10.2. The van der Waals surface area contributed by atoms with Crippen LogP contribution in [-0.4, -0.2) is 13.0 Å². The monoisotopic (exact) mass is 247 g/mol. The molecule has 0 unspecified atom stereocenters. The maximum atomic E-state index is 11.8. The van der Waals surface area contributed by atoms with E-state index in [1.165, 1.54) is 11.3 Å². The predicted molar refractivity (Wildman–Crippen MR) is 69.4 cm³/mol. The lowest BCUT2D eigenvalue weighted by Gasteiger charge is -2.05. The van der Waals surface area contributed by atoms with Gasteiger partial charge in [-0.15, -0.1) is 11.3 Å². The maximum absolute atomic E-state index is 11.8. The van der Waals surface area contributed by atoms with Crippen LogP contribution >= 0.6 is 11.3 Å². The minimum atomic E-state index is -0.0745. The third-order valence-corrected chi connectivity index (χ3v) is 3.11. The summed E-state index contributed by atoms with van der Waals surface area (Å²) in [6.45, 7) is 0.544. The first-order valence-electron chi connectivity index (χ1n) is 5.22. The SMILES string of the molecule is COCc1cccc(NC(=O)c2cccs2)c1. The van der Waals surface area contributed by atoms with E-state index in [9.17, 15) is 4.79 Å². The lowest BCUT2D eigenvalue weighted by molar-refractivity contribution is 0.103. The number of rotatable bonds is 4. The molecule has 3 nitrogen and oxygen atoms in total. The predicted octanol–water partition coefficient (Wildman–Crippen LogP) is 3.15. The molecule has 88 valence electrons. The molecule has 0 aliphatic rings. The fraction of sp³-hybridized carbons (Fsp3) is 0.154. The summed E-state index contributed by atoms with van der Waals surface area (Å²) >= 11 is 1.43. The molecule has 0 atom stereocenters. The van der Waals surface area contributed by atoms with Crippen molar-refractivity contribution in [1.82, 2.24) is 0 Å². The molecule has 1 N–H and O–H groups in total. The Bertz CT molecular complexity index is 494. The summed E-state index contributed by atoms with van der Waals surface area (Å²) in [6, 6.07) is 11.3. The van der Waals surface area contributed by atoms with Crippen molar-refractivity contribution in [2.24, 2.45) is 0 Å². The molecule has 2 rings (SSSR count). The highest BCUT2D eigenvalue weighted by Crippen LogP contribution is 2.15. The second-order valence-corrected chi connectivity index (χ2v) is 4.51. The molecule has 1 heterocycles. The minimum absolute atomic E-state index is 0.0745. The Hall–Kier alpha value is -1.65. The number of hydrogen-bond acceptors (Lipinski definition) is 3. The number of anilines is 1. The Balaban J connectivity index is 2.08. The molecule has 0 aliphatic carbocycles. The molecular formula is C13H13NO2S. The second-order valence-electron chi connectivity index (χ2n) is 3.56. The zero-order valence-corrected chi connectivity index (χ0v) is 10.3. The Labute approximate surface area is 104 Å². The number of hydrogen-bond donors (Lipinski definition) is 1. The number of nitrogens with one attached hydrogen (secondary N) is 1. The van der Waals surface area contributed by atoms with Crippen LogP contribution in [0.1, 0.15) is 15.2 Å². The number of methoxy groups -OCH3 is 1. The van der Waals surface area contributed by atoms with Gasteiger partial charge in [-0.25, -0.2) is 0 Å². The van der Waals surface area contributed by atoms with Crippen molar-refractivity contribution in [3.05, 3.63) is 52.2 Å². The number of benzene rings is 1. The summed E-state index contributed by atoms with van der Waals surface area (Å²) in [7, 11) is 1.65. The zero-order chi connectivity index (χ0) is 12.1. The Kier molecular flexibility index (Phi) is 3.90. The van der Waals surface area contributed by atoms with E-state index in [1.54, 1.807) is 13.2 Å². The van der Waals surface area contributed by atoms with Crippen molar-refractivity contribution in [1.29, 1.82) is 0 Å². The van der Waals surface area contributed by atoms with Crippen LogP contribution in [0.3, 0.4) is 0 Å². The van der Waals surface area contributed by atoms with Gasteiger partial charge in [-0.1, -0.05) is 18.2 Å². The van der Waals surface area contributed by atoms with E-state index in [2.05, 4.69) is 5.32 Å². The second kappa shape index (κ2) is 5.61.